The first kappa shape index (κ1) is 27.2. The Morgan fingerprint density at radius 1 is 1.00 bits per heavy atom. The van der Waals surface area contributed by atoms with Crippen LogP contribution in [0.5, 0.6) is 0 Å². The molecule has 1 aromatic rings. The second kappa shape index (κ2) is 9.55. The van der Waals surface area contributed by atoms with E-state index in [1.54, 1.807) is 31.2 Å². The predicted molar refractivity (Wildman–Crippen MR) is 137 cm³/mol. The molecule has 0 radical (unpaired) electrons. The van der Waals surface area contributed by atoms with Crippen molar-refractivity contribution in [1.82, 2.24) is 5.06 Å². The molecule has 1 aromatic carbocycles. The van der Waals surface area contributed by atoms with Crippen molar-refractivity contribution >= 4 is 11.9 Å². The van der Waals surface area contributed by atoms with Crippen molar-refractivity contribution in [1.29, 1.82) is 0 Å². The van der Waals surface area contributed by atoms with Crippen LogP contribution in [0.1, 0.15) is 79.4 Å². The first-order chi connectivity index (χ1) is 16.3. The summed E-state index contributed by atoms with van der Waals surface area (Å²) in [5.41, 5.74) is -2.25. The molecule has 1 aliphatic heterocycles. The van der Waals surface area contributed by atoms with Crippen LogP contribution in [-0.2, 0) is 14.4 Å². The maximum atomic E-state index is 12.9. The number of aliphatic carboxylic acids is 2. The van der Waals surface area contributed by atoms with Crippen molar-refractivity contribution < 1.29 is 24.6 Å². The predicted octanol–water partition coefficient (Wildman–Crippen LogP) is 6.26. The molecule has 1 saturated heterocycles. The highest BCUT2D eigenvalue weighted by Gasteiger charge is 2.60. The van der Waals surface area contributed by atoms with Crippen molar-refractivity contribution in [2.45, 2.75) is 84.9 Å². The summed E-state index contributed by atoms with van der Waals surface area (Å²) in [4.78, 5) is 31.4. The number of nitrogens with zero attached hydrogens (tertiary/aromatic N) is 1. The molecule has 0 bridgehead atoms. The average Bonchev–Trinajstić information content (AvgIpc) is 2.85. The van der Waals surface area contributed by atoms with E-state index in [9.17, 15) is 19.8 Å². The van der Waals surface area contributed by atoms with Crippen LogP contribution in [0.15, 0.2) is 54.6 Å². The van der Waals surface area contributed by atoms with E-state index < -0.39 is 33.8 Å². The van der Waals surface area contributed by atoms with Gasteiger partial charge in [-0.05, 0) is 64.4 Å². The van der Waals surface area contributed by atoms with Crippen LogP contribution in [0.4, 0.5) is 0 Å². The molecule has 0 spiro atoms. The Morgan fingerprint density at radius 3 is 2.03 bits per heavy atom. The second-order valence-corrected chi connectivity index (χ2v) is 11.1. The Balaban J connectivity index is 2.06. The van der Waals surface area contributed by atoms with E-state index in [4.69, 9.17) is 4.84 Å². The average molecular weight is 484 g/mol. The van der Waals surface area contributed by atoms with E-state index in [1.165, 1.54) is 0 Å². The number of hydroxylamine groups is 2. The van der Waals surface area contributed by atoms with Gasteiger partial charge >= 0.3 is 11.9 Å². The van der Waals surface area contributed by atoms with Gasteiger partial charge in [-0.3, -0.25) is 14.4 Å². The number of carbonyl (C=O) groups is 2. The van der Waals surface area contributed by atoms with E-state index in [-0.39, 0.29) is 17.9 Å². The number of piperidine rings is 1. The second-order valence-electron chi connectivity index (χ2n) is 11.1. The maximum Gasteiger partial charge on any atom is 0.317 e. The van der Waals surface area contributed by atoms with E-state index >= 15 is 0 Å². The third-order valence-corrected chi connectivity index (χ3v) is 9.06. The Labute approximate surface area is 209 Å². The Morgan fingerprint density at radius 2 is 1.57 bits per heavy atom. The fraction of sp³-hybridized carbons (Fsp3) is 0.586. The molecule has 192 valence electrons. The van der Waals surface area contributed by atoms with Gasteiger partial charge < -0.3 is 10.2 Å². The minimum atomic E-state index is -1.28. The molecular weight excluding hydrogens is 442 g/mol. The van der Waals surface area contributed by atoms with E-state index in [1.807, 2.05) is 18.2 Å². The highest BCUT2D eigenvalue weighted by Crippen LogP contribution is 2.56. The number of carboxylic acid groups (broad SMARTS) is 2. The zero-order valence-corrected chi connectivity index (χ0v) is 22.1. The minimum Gasteiger partial charge on any atom is -0.480 e. The summed E-state index contributed by atoms with van der Waals surface area (Å²) >= 11 is 0. The minimum absolute atomic E-state index is 0.0466. The number of hydrogen-bond acceptors (Lipinski definition) is 4. The molecule has 0 amide bonds. The van der Waals surface area contributed by atoms with Crippen LogP contribution >= 0.6 is 0 Å². The van der Waals surface area contributed by atoms with Gasteiger partial charge in [-0.2, -0.15) is 5.06 Å². The van der Waals surface area contributed by atoms with Gasteiger partial charge in [0.05, 0.1) is 0 Å². The monoisotopic (exact) mass is 483 g/mol. The molecule has 6 nitrogen and oxygen atoms in total. The molecule has 0 aromatic heterocycles. The van der Waals surface area contributed by atoms with Gasteiger partial charge in [0.1, 0.15) is 16.9 Å². The van der Waals surface area contributed by atoms with Crippen LogP contribution < -0.4 is 0 Å². The van der Waals surface area contributed by atoms with Crippen LogP contribution in [-0.4, -0.2) is 38.3 Å². The molecule has 2 aliphatic rings. The highest BCUT2D eigenvalue weighted by atomic mass is 16.7. The van der Waals surface area contributed by atoms with Crippen LogP contribution in [0, 0.1) is 22.7 Å². The fourth-order valence-corrected chi connectivity index (χ4v) is 5.92. The van der Waals surface area contributed by atoms with Gasteiger partial charge in [0, 0.05) is 11.1 Å². The molecule has 5 unspecified atom stereocenters. The third kappa shape index (κ3) is 4.47. The first-order valence-electron chi connectivity index (χ1n) is 12.7. The summed E-state index contributed by atoms with van der Waals surface area (Å²) in [5.74, 6) is -2.23. The van der Waals surface area contributed by atoms with Gasteiger partial charge in [0.15, 0.2) is 0 Å². The lowest BCUT2D eigenvalue weighted by molar-refractivity contribution is -0.335. The van der Waals surface area contributed by atoms with Crippen molar-refractivity contribution in [2.75, 3.05) is 0 Å². The lowest BCUT2D eigenvalue weighted by Crippen LogP contribution is -2.68. The molecule has 0 saturated carbocycles. The van der Waals surface area contributed by atoms with Crippen molar-refractivity contribution in [3.8, 4) is 0 Å². The fourth-order valence-electron chi connectivity index (χ4n) is 5.92. The molecule has 2 N–H and O–H groups in total. The molecule has 6 heteroatoms. The summed E-state index contributed by atoms with van der Waals surface area (Å²) in [6.07, 6.45) is 8.34. The molecule has 3 rings (SSSR count). The highest BCUT2D eigenvalue weighted by molar-refractivity contribution is 5.85. The molecule has 1 aliphatic carbocycles. The normalized spacial score (nSPS) is 38.3. The summed E-state index contributed by atoms with van der Waals surface area (Å²) in [6, 6.07) is 10.1. The van der Waals surface area contributed by atoms with Crippen LogP contribution in [0.2, 0.25) is 0 Å². The number of rotatable bonds is 8. The lowest BCUT2D eigenvalue weighted by atomic mass is 9.55. The zero-order chi connectivity index (χ0) is 26.2. The molecular formula is C29H41NO5. The summed E-state index contributed by atoms with van der Waals surface area (Å²) in [7, 11) is 0. The molecule has 5 atom stereocenters. The number of hydrogen-bond donors (Lipinski definition) is 2. The SMILES string of the molecule is CCC1(C)CC(C2(C(=O)O)C=CC(C)(C(=O)O)C=C2)C(C)C(C)(CC)N1OC(C)c1ccccc1. The maximum absolute atomic E-state index is 12.9. The Hall–Kier alpha value is -2.44. The summed E-state index contributed by atoms with van der Waals surface area (Å²) < 4.78 is 0. The summed E-state index contributed by atoms with van der Waals surface area (Å²) in [6.45, 7) is 14.3. The van der Waals surface area contributed by atoms with Crippen LogP contribution in [0.3, 0.4) is 0 Å². The standard InChI is InChI=1S/C29H41NO5/c1-8-27(6)19-23(29(25(33)34)17-15-26(5,16-18-29)24(31)32)20(3)28(7,9-2)30(27)35-21(4)22-13-11-10-12-14-22/h10-18,20-21,23H,8-9,19H2,1-7H3,(H,31,32)(H,33,34). The molecule has 35 heavy (non-hydrogen) atoms. The van der Waals surface area contributed by atoms with E-state index in [0.29, 0.717) is 6.42 Å². The Kier molecular flexibility index (Phi) is 7.41. The first-order valence-corrected chi connectivity index (χ1v) is 12.7. The van der Waals surface area contributed by atoms with E-state index in [2.05, 4.69) is 58.7 Å². The third-order valence-electron chi connectivity index (χ3n) is 9.06. The number of benzene rings is 1. The van der Waals surface area contributed by atoms with Gasteiger partial charge in [-0.25, -0.2) is 0 Å². The Bertz CT molecular complexity index is 988. The number of carboxylic acids is 2. The lowest BCUT2D eigenvalue weighted by Gasteiger charge is -2.62. The molecule has 1 fully saturated rings. The molecule has 1 heterocycles. The van der Waals surface area contributed by atoms with Crippen LogP contribution in [0.25, 0.3) is 0 Å². The smallest absolute Gasteiger partial charge is 0.317 e. The van der Waals surface area contributed by atoms with Crippen molar-refractivity contribution in [3.05, 3.63) is 60.2 Å². The van der Waals surface area contributed by atoms with Gasteiger partial charge in [0.25, 0.3) is 0 Å². The van der Waals surface area contributed by atoms with Crippen molar-refractivity contribution in [2.24, 2.45) is 22.7 Å². The van der Waals surface area contributed by atoms with Gasteiger partial charge in [0.2, 0.25) is 0 Å². The zero-order valence-electron chi connectivity index (χ0n) is 22.1. The van der Waals surface area contributed by atoms with Gasteiger partial charge in [-0.15, -0.1) is 0 Å². The quantitative estimate of drug-likeness (QED) is 0.424. The van der Waals surface area contributed by atoms with Gasteiger partial charge in [-0.1, -0.05) is 75.4 Å². The topological polar surface area (TPSA) is 87.1 Å². The summed E-state index contributed by atoms with van der Waals surface area (Å²) in [5, 5.41) is 22.3. The van der Waals surface area contributed by atoms with E-state index in [0.717, 1.165) is 18.4 Å². The largest absolute Gasteiger partial charge is 0.480 e. The van der Waals surface area contributed by atoms with Crippen molar-refractivity contribution in [3.63, 3.8) is 0 Å².